The van der Waals surface area contributed by atoms with Crippen molar-refractivity contribution in [2.24, 2.45) is 9.98 Å². The molecule has 11 heteroatoms. The van der Waals surface area contributed by atoms with Gasteiger partial charge in [-0.05, 0) is 35.8 Å². The summed E-state index contributed by atoms with van der Waals surface area (Å²) in [6.45, 7) is 28.7. The maximum absolute atomic E-state index is 11.0. The zero-order valence-electron chi connectivity index (χ0n) is 28.9. The van der Waals surface area contributed by atoms with E-state index >= 15 is 0 Å². The van der Waals surface area contributed by atoms with Crippen LogP contribution >= 0.6 is 0 Å². The molecule has 1 radical (unpaired) electrons. The maximum atomic E-state index is 11.0. The molecular formula is C33H52CoN2O6Si2. The van der Waals surface area contributed by atoms with E-state index < -0.39 is 28.1 Å². The maximum Gasteiger partial charge on any atom is 2.00 e. The second-order valence-electron chi connectivity index (χ2n) is 14.7. The van der Waals surface area contributed by atoms with Crippen LogP contribution in [-0.2, 0) is 37.2 Å². The van der Waals surface area contributed by atoms with Crippen molar-refractivity contribution in [1.29, 1.82) is 0 Å². The van der Waals surface area contributed by atoms with Crippen LogP contribution in [0.5, 0.6) is 11.5 Å². The standard InChI is InChI=1S/C29H46N2O2Si2.2C2H4O2.Co/c1-28(2,3)24-15-22(34(7,8)9)13-20(26(24)32)17-30-19-31-18-21-14-23(35(10,11)12)16-25(27(21)33)29(4,5)6;2*1-2(3)4;/h13-18,32-33H,19H2,1-12H3;2*1H3,(H,3,4);/q;;;+2/p-2. The molecule has 247 valence electrons. The molecule has 0 spiro atoms. The number of benzene rings is 2. The van der Waals surface area contributed by atoms with Gasteiger partial charge in [-0.1, -0.05) is 115 Å². The van der Waals surface area contributed by atoms with E-state index in [-0.39, 0.29) is 34.3 Å². The van der Waals surface area contributed by atoms with Crippen LogP contribution in [0.25, 0.3) is 0 Å². The van der Waals surface area contributed by atoms with Gasteiger partial charge in [0.1, 0.15) is 18.2 Å². The van der Waals surface area contributed by atoms with Gasteiger partial charge in [0.15, 0.2) is 0 Å². The van der Waals surface area contributed by atoms with Crippen molar-refractivity contribution in [3.05, 3.63) is 46.5 Å². The van der Waals surface area contributed by atoms with E-state index in [1.165, 1.54) is 10.4 Å². The smallest absolute Gasteiger partial charge is 0.550 e. The molecule has 2 aromatic carbocycles. The van der Waals surface area contributed by atoms with Crippen molar-refractivity contribution in [3.63, 3.8) is 0 Å². The molecule has 0 aliphatic carbocycles. The van der Waals surface area contributed by atoms with Gasteiger partial charge >= 0.3 is 16.8 Å². The molecule has 0 bridgehead atoms. The summed E-state index contributed by atoms with van der Waals surface area (Å²) in [6, 6.07) is 8.47. The summed E-state index contributed by atoms with van der Waals surface area (Å²) in [7, 11) is -3.14. The Morgan fingerprint density at radius 2 is 0.932 bits per heavy atom. The molecule has 8 nitrogen and oxygen atoms in total. The number of rotatable bonds is 6. The van der Waals surface area contributed by atoms with Crippen LogP contribution in [0.15, 0.2) is 34.3 Å². The third kappa shape index (κ3) is 15.3. The Bertz CT molecular complexity index is 1220. The topological polar surface area (TPSA) is 145 Å². The zero-order valence-corrected chi connectivity index (χ0v) is 32.0. The van der Waals surface area contributed by atoms with Crippen LogP contribution in [0.4, 0.5) is 0 Å². The van der Waals surface area contributed by atoms with Gasteiger partial charge in [0, 0.05) is 35.5 Å². The van der Waals surface area contributed by atoms with Gasteiger partial charge in [-0.2, -0.15) is 0 Å². The van der Waals surface area contributed by atoms with Gasteiger partial charge < -0.3 is 30.0 Å². The van der Waals surface area contributed by atoms with Crippen molar-refractivity contribution < 1.29 is 46.8 Å². The van der Waals surface area contributed by atoms with Gasteiger partial charge in [-0.15, -0.1) is 0 Å². The first-order chi connectivity index (χ1) is 19.2. The fraction of sp³-hybridized carbons (Fsp3) is 0.515. The Balaban J connectivity index is 0. The number of hydrogen-bond acceptors (Lipinski definition) is 8. The molecule has 0 aliphatic heterocycles. The Hall–Kier alpha value is -2.74. The normalized spacial score (nSPS) is 12.1. The molecule has 0 saturated heterocycles. The fourth-order valence-electron chi connectivity index (χ4n) is 3.85. The van der Waals surface area contributed by atoms with Crippen molar-refractivity contribution in [2.75, 3.05) is 6.67 Å². The summed E-state index contributed by atoms with van der Waals surface area (Å²) in [5.74, 6) is -1.58. The van der Waals surface area contributed by atoms with Crippen molar-refractivity contribution >= 4 is 50.9 Å². The third-order valence-electron chi connectivity index (χ3n) is 6.25. The van der Waals surface area contributed by atoms with Gasteiger partial charge in [-0.3, -0.25) is 9.98 Å². The van der Waals surface area contributed by atoms with E-state index in [0.29, 0.717) is 11.5 Å². The number of aliphatic imine (C=N–C) groups is 2. The Morgan fingerprint density at radius 3 is 1.14 bits per heavy atom. The fourth-order valence-corrected chi connectivity index (χ4v) is 6.18. The summed E-state index contributed by atoms with van der Waals surface area (Å²) < 4.78 is 0. The molecule has 0 atom stereocenters. The first-order valence-electron chi connectivity index (χ1n) is 14.3. The van der Waals surface area contributed by atoms with Crippen molar-refractivity contribution in [1.82, 2.24) is 0 Å². The van der Waals surface area contributed by atoms with E-state index in [9.17, 15) is 10.2 Å². The largest absolute Gasteiger partial charge is 2.00 e. The Morgan fingerprint density at radius 1 is 0.682 bits per heavy atom. The number of nitrogens with zero attached hydrogens (tertiary/aromatic N) is 2. The minimum Gasteiger partial charge on any atom is -0.550 e. The summed E-state index contributed by atoms with van der Waals surface area (Å²) in [5.41, 5.74) is 3.05. The Labute approximate surface area is 277 Å². The minimum absolute atomic E-state index is 0. The van der Waals surface area contributed by atoms with E-state index in [2.05, 4.69) is 115 Å². The van der Waals surface area contributed by atoms with E-state index in [1.807, 2.05) is 0 Å². The van der Waals surface area contributed by atoms with Gasteiger partial charge in [0.05, 0.1) is 16.1 Å². The monoisotopic (exact) mass is 687 g/mol. The molecule has 2 rings (SSSR count). The Kier molecular flexibility index (Phi) is 16.9. The van der Waals surface area contributed by atoms with Crippen LogP contribution in [-0.4, -0.2) is 57.4 Å². The average molecular weight is 688 g/mol. The number of hydrogen-bond donors (Lipinski definition) is 2. The molecule has 0 saturated carbocycles. The van der Waals surface area contributed by atoms with Crippen LogP contribution in [0.2, 0.25) is 39.3 Å². The molecule has 0 aliphatic rings. The molecule has 0 aromatic heterocycles. The van der Waals surface area contributed by atoms with E-state index in [0.717, 1.165) is 36.1 Å². The van der Waals surface area contributed by atoms with E-state index in [1.54, 1.807) is 12.4 Å². The average Bonchev–Trinajstić information content (AvgIpc) is 2.76. The summed E-state index contributed by atoms with van der Waals surface area (Å²) >= 11 is 0. The summed E-state index contributed by atoms with van der Waals surface area (Å²) in [5, 5.41) is 42.3. The van der Waals surface area contributed by atoms with E-state index in [4.69, 9.17) is 19.8 Å². The quantitative estimate of drug-likeness (QED) is 0.349. The number of phenolic OH excluding ortho intramolecular Hbond substituents is 2. The second-order valence-corrected chi connectivity index (χ2v) is 24.8. The number of carbonyl (C=O) groups excluding carboxylic acids is 2. The second kappa shape index (κ2) is 17.1. The molecule has 2 N–H and O–H groups in total. The molecule has 0 unspecified atom stereocenters. The number of aliphatic carboxylic acids is 2. The number of phenols is 2. The van der Waals surface area contributed by atoms with Gasteiger partial charge in [0.25, 0.3) is 0 Å². The zero-order chi connectivity index (χ0) is 34.1. The minimum atomic E-state index is -1.57. The van der Waals surface area contributed by atoms with Crippen molar-refractivity contribution in [3.8, 4) is 11.5 Å². The number of carboxylic acids is 2. The van der Waals surface area contributed by atoms with Crippen LogP contribution in [0.1, 0.15) is 77.6 Å². The summed E-state index contributed by atoms with van der Waals surface area (Å²) in [6.07, 6.45) is 3.45. The predicted octanol–water partition coefficient (Wildman–Crippen LogP) is 3.79. The van der Waals surface area contributed by atoms with Gasteiger partial charge in [0.2, 0.25) is 0 Å². The molecule has 2 aromatic rings. The first-order valence-corrected chi connectivity index (χ1v) is 21.3. The molecule has 0 amide bonds. The number of carbonyl (C=O) groups is 2. The van der Waals surface area contributed by atoms with Crippen LogP contribution in [0, 0.1) is 0 Å². The summed E-state index contributed by atoms with van der Waals surface area (Å²) in [4.78, 5) is 26.8. The number of carboxylic acid groups (broad SMARTS) is 2. The predicted molar refractivity (Wildman–Crippen MR) is 181 cm³/mol. The van der Waals surface area contributed by atoms with Crippen molar-refractivity contribution in [2.45, 2.75) is 106 Å². The first kappa shape index (κ1) is 43.4. The third-order valence-corrected chi connectivity index (χ3v) is 10.3. The SMILES string of the molecule is CC(=O)[O-].CC(=O)[O-].CC(C)(C)c1cc([Si](C)(C)C)cc(C=NCN=Cc2cc([Si](C)(C)C)cc(C(C)(C)C)c2O)c1O.[Co+2]. The molecular weight excluding hydrogens is 635 g/mol. The molecule has 0 heterocycles. The molecule has 0 fully saturated rings. The number of aromatic hydroxyl groups is 2. The van der Waals surface area contributed by atoms with Crippen LogP contribution < -0.4 is 20.6 Å². The van der Waals surface area contributed by atoms with Gasteiger partial charge in [-0.25, -0.2) is 0 Å². The van der Waals surface area contributed by atoms with Crippen LogP contribution in [0.3, 0.4) is 0 Å². The molecule has 44 heavy (non-hydrogen) atoms.